The largest absolute Gasteiger partial charge is 0.402 e. The van der Waals surface area contributed by atoms with Crippen molar-refractivity contribution in [2.24, 2.45) is 0 Å². The van der Waals surface area contributed by atoms with Crippen LogP contribution in [0.15, 0.2) is 23.1 Å². The van der Waals surface area contributed by atoms with Crippen molar-refractivity contribution in [2.45, 2.75) is 24.4 Å². The Balaban J connectivity index is 3.22. The third kappa shape index (κ3) is 4.34. The summed E-state index contributed by atoms with van der Waals surface area (Å²) in [5.41, 5.74) is 5.14. The Morgan fingerprint density at radius 2 is 1.85 bits per heavy atom. The molecule has 0 unspecified atom stereocenters. The second-order valence-electron chi connectivity index (χ2n) is 4.17. The van der Waals surface area contributed by atoms with Gasteiger partial charge in [-0.15, -0.1) is 0 Å². The van der Waals surface area contributed by atoms with E-state index in [1.54, 1.807) is 6.92 Å². The minimum atomic E-state index is -4.68. The first kappa shape index (κ1) is 16.7. The average molecular weight is 314 g/mol. The Morgan fingerprint density at radius 3 is 2.30 bits per heavy atom. The molecule has 0 aliphatic rings. The highest BCUT2D eigenvalue weighted by Crippen LogP contribution is 2.24. The van der Waals surface area contributed by atoms with Gasteiger partial charge in [0.2, 0.25) is 10.0 Å². The zero-order chi connectivity index (χ0) is 15.6. The van der Waals surface area contributed by atoms with Crippen LogP contribution in [0.25, 0.3) is 0 Å². The standard InChI is InChI=1S/C11H14F4N2O2S/c1-2-3-17(7-11(13,14)15)20(18,19)10-5-8(12)4-9(16)6-10/h4-6H,2-3,7,16H2,1H3. The highest BCUT2D eigenvalue weighted by atomic mass is 32.2. The minimum Gasteiger partial charge on any atom is -0.399 e. The molecule has 1 aromatic carbocycles. The van der Waals surface area contributed by atoms with Crippen LogP contribution in [0.4, 0.5) is 23.2 Å². The quantitative estimate of drug-likeness (QED) is 0.670. The monoisotopic (exact) mass is 314 g/mol. The van der Waals surface area contributed by atoms with Crippen molar-refractivity contribution >= 4 is 15.7 Å². The molecule has 9 heteroatoms. The summed E-state index contributed by atoms with van der Waals surface area (Å²) < 4.78 is 74.9. The first-order chi connectivity index (χ1) is 9.06. The first-order valence-corrected chi connectivity index (χ1v) is 7.13. The molecule has 0 aromatic heterocycles. The highest BCUT2D eigenvalue weighted by molar-refractivity contribution is 7.89. The number of hydrogen-bond donors (Lipinski definition) is 1. The van der Waals surface area contributed by atoms with Crippen molar-refractivity contribution in [3.05, 3.63) is 24.0 Å². The minimum absolute atomic E-state index is 0.174. The fourth-order valence-corrected chi connectivity index (χ4v) is 3.20. The predicted octanol–water partition coefficient (Wildman–Crippen LogP) is 2.37. The molecule has 0 atom stereocenters. The molecule has 0 aliphatic heterocycles. The number of nitrogens with two attached hydrogens (primary N) is 1. The number of alkyl halides is 3. The zero-order valence-corrected chi connectivity index (χ0v) is 11.4. The predicted molar refractivity (Wildman–Crippen MR) is 65.9 cm³/mol. The fourth-order valence-electron chi connectivity index (χ4n) is 1.62. The topological polar surface area (TPSA) is 63.4 Å². The van der Waals surface area contributed by atoms with Crippen LogP contribution in [0.1, 0.15) is 13.3 Å². The highest BCUT2D eigenvalue weighted by Gasteiger charge is 2.36. The van der Waals surface area contributed by atoms with Gasteiger partial charge in [0.25, 0.3) is 0 Å². The molecule has 0 bridgehead atoms. The maximum atomic E-state index is 13.2. The molecular weight excluding hydrogens is 300 g/mol. The van der Waals surface area contributed by atoms with Gasteiger partial charge in [-0.3, -0.25) is 0 Å². The van der Waals surface area contributed by atoms with Crippen LogP contribution >= 0.6 is 0 Å². The summed E-state index contributed by atoms with van der Waals surface area (Å²) in [6.45, 7) is -0.406. The lowest BCUT2D eigenvalue weighted by molar-refractivity contribution is -0.136. The van der Waals surface area contributed by atoms with E-state index < -0.39 is 33.5 Å². The Hall–Kier alpha value is -1.35. The fraction of sp³-hybridized carbons (Fsp3) is 0.455. The van der Waals surface area contributed by atoms with Crippen LogP contribution in [0.5, 0.6) is 0 Å². The van der Waals surface area contributed by atoms with Gasteiger partial charge in [-0.05, 0) is 24.6 Å². The molecule has 114 valence electrons. The van der Waals surface area contributed by atoms with Crippen LogP contribution in [0.3, 0.4) is 0 Å². The maximum absolute atomic E-state index is 13.2. The molecule has 1 rings (SSSR count). The number of sulfonamides is 1. The summed E-state index contributed by atoms with van der Waals surface area (Å²) >= 11 is 0. The molecule has 0 amide bonds. The van der Waals surface area contributed by atoms with Crippen LogP contribution in [-0.2, 0) is 10.0 Å². The van der Waals surface area contributed by atoms with Gasteiger partial charge >= 0.3 is 6.18 Å². The van der Waals surface area contributed by atoms with Gasteiger partial charge in [-0.1, -0.05) is 6.92 Å². The van der Waals surface area contributed by atoms with Crippen molar-refractivity contribution in [3.63, 3.8) is 0 Å². The van der Waals surface area contributed by atoms with E-state index in [0.717, 1.165) is 12.1 Å². The molecule has 4 nitrogen and oxygen atoms in total. The maximum Gasteiger partial charge on any atom is 0.402 e. The molecule has 2 N–H and O–H groups in total. The number of nitrogen functional groups attached to an aromatic ring is 1. The van der Waals surface area contributed by atoms with Gasteiger partial charge < -0.3 is 5.73 Å². The number of halogens is 4. The van der Waals surface area contributed by atoms with Crippen LogP contribution in [-0.4, -0.2) is 32.0 Å². The van der Waals surface area contributed by atoms with E-state index in [1.807, 2.05) is 0 Å². The zero-order valence-electron chi connectivity index (χ0n) is 10.6. The van der Waals surface area contributed by atoms with Gasteiger partial charge in [0, 0.05) is 12.2 Å². The summed E-state index contributed by atoms with van der Waals surface area (Å²) in [6, 6.07) is 2.45. The number of rotatable bonds is 5. The Kier molecular flexibility index (Phi) is 4.98. The summed E-state index contributed by atoms with van der Waals surface area (Å²) in [7, 11) is -4.45. The van der Waals surface area contributed by atoms with Gasteiger partial charge in [-0.2, -0.15) is 17.5 Å². The molecule has 0 aliphatic carbocycles. The molecule has 0 heterocycles. The summed E-state index contributed by atoms with van der Waals surface area (Å²) in [5.74, 6) is -0.924. The van der Waals surface area contributed by atoms with Crippen molar-refractivity contribution in [2.75, 3.05) is 18.8 Å². The third-order valence-electron chi connectivity index (χ3n) is 2.36. The van der Waals surface area contributed by atoms with E-state index in [9.17, 15) is 26.0 Å². The van der Waals surface area contributed by atoms with Gasteiger partial charge in [0.1, 0.15) is 12.4 Å². The molecule has 0 spiro atoms. The van der Waals surface area contributed by atoms with Crippen molar-refractivity contribution in [3.8, 4) is 0 Å². The third-order valence-corrected chi connectivity index (χ3v) is 4.18. The van der Waals surface area contributed by atoms with E-state index in [2.05, 4.69) is 0 Å². The smallest absolute Gasteiger partial charge is 0.399 e. The molecule has 0 fully saturated rings. The van der Waals surface area contributed by atoms with E-state index >= 15 is 0 Å². The molecule has 1 aromatic rings. The normalized spacial score (nSPS) is 12.9. The van der Waals surface area contributed by atoms with Crippen LogP contribution in [0, 0.1) is 5.82 Å². The van der Waals surface area contributed by atoms with E-state index in [4.69, 9.17) is 5.73 Å². The van der Waals surface area contributed by atoms with Gasteiger partial charge in [-0.25, -0.2) is 12.8 Å². The van der Waals surface area contributed by atoms with Gasteiger partial charge in [0.05, 0.1) is 4.90 Å². The average Bonchev–Trinajstić information content (AvgIpc) is 2.25. The summed E-state index contributed by atoms with van der Waals surface area (Å²) in [4.78, 5) is -0.590. The molecule has 20 heavy (non-hydrogen) atoms. The van der Waals surface area contributed by atoms with Crippen LogP contribution < -0.4 is 5.73 Å². The molecule has 0 radical (unpaired) electrons. The van der Waals surface area contributed by atoms with Crippen molar-refractivity contribution in [1.82, 2.24) is 4.31 Å². The number of nitrogens with zero attached hydrogens (tertiary/aromatic N) is 1. The Bertz CT molecular complexity index is 552. The van der Waals surface area contributed by atoms with E-state index in [-0.39, 0.29) is 23.0 Å². The second kappa shape index (κ2) is 5.96. The van der Waals surface area contributed by atoms with Crippen LogP contribution in [0.2, 0.25) is 0 Å². The van der Waals surface area contributed by atoms with Gasteiger partial charge in [0.15, 0.2) is 0 Å². The number of anilines is 1. The van der Waals surface area contributed by atoms with Crippen molar-refractivity contribution in [1.29, 1.82) is 0 Å². The second-order valence-corrected chi connectivity index (χ2v) is 6.11. The first-order valence-electron chi connectivity index (χ1n) is 5.69. The Labute approximate surface area is 114 Å². The molecular formula is C11H14F4N2O2S. The lowest BCUT2D eigenvalue weighted by Gasteiger charge is -2.23. The molecule has 0 saturated carbocycles. The summed E-state index contributed by atoms with van der Waals surface area (Å²) in [6.07, 6.45) is -4.48. The number of benzene rings is 1. The van der Waals surface area contributed by atoms with E-state index in [0.29, 0.717) is 6.07 Å². The van der Waals surface area contributed by atoms with E-state index in [1.165, 1.54) is 0 Å². The lowest BCUT2D eigenvalue weighted by Crippen LogP contribution is -2.39. The lowest BCUT2D eigenvalue weighted by atomic mass is 10.3. The SMILES string of the molecule is CCCN(CC(F)(F)F)S(=O)(=O)c1cc(N)cc(F)c1. The number of hydrogen-bond acceptors (Lipinski definition) is 3. The Morgan fingerprint density at radius 1 is 1.25 bits per heavy atom. The molecule has 0 saturated heterocycles. The summed E-state index contributed by atoms with van der Waals surface area (Å²) in [5, 5.41) is 0. The van der Waals surface area contributed by atoms with Crippen molar-refractivity contribution < 1.29 is 26.0 Å².